The molecule has 1 saturated heterocycles. The number of nitrogens with zero attached hydrogens (tertiary/aromatic N) is 2. The molecule has 4 rings (SSSR count). The van der Waals surface area contributed by atoms with E-state index < -0.39 is 0 Å². The fourth-order valence-corrected chi connectivity index (χ4v) is 5.03. The van der Waals surface area contributed by atoms with Crippen molar-refractivity contribution < 1.29 is 9.59 Å². The van der Waals surface area contributed by atoms with Gasteiger partial charge in [0.25, 0.3) is 5.91 Å². The van der Waals surface area contributed by atoms with Crippen LogP contribution in [0.15, 0.2) is 42.5 Å². The first-order valence-electron chi connectivity index (χ1n) is 11.5. The Bertz CT molecular complexity index is 1160. The minimum Gasteiger partial charge on any atom is -0.351 e. The number of amides is 2. The van der Waals surface area contributed by atoms with Gasteiger partial charge >= 0.3 is 0 Å². The minimum atomic E-state index is -0.190. The summed E-state index contributed by atoms with van der Waals surface area (Å²) in [7, 11) is 0. The van der Waals surface area contributed by atoms with Crippen LogP contribution in [0.4, 0.5) is 5.69 Å². The van der Waals surface area contributed by atoms with Crippen molar-refractivity contribution >= 4 is 39.1 Å². The van der Waals surface area contributed by atoms with Crippen LogP contribution in [-0.2, 0) is 11.3 Å². The highest BCUT2D eigenvalue weighted by atomic mass is 32.1. The molecule has 33 heavy (non-hydrogen) atoms. The maximum atomic E-state index is 12.8. The molecule has 0 bridgehead atoms. The maximum Gasteiger partial charge on any atom is 0.255 e. The monoisotopic (exact) mass is 464 g/mol. The third-order valence-corrected chi connectivity index (χ3v) is 6.76. The average Bonchev–Trinajstić information content (AvgIpc) is 3.12. The molecule has 0 unspecified atom stereocenters. The van der Waals surface area contributed by atoms with Crippen LogP contribution >= 0.6 is 11.3 Å². The number of thiazole rings is 1. The molecule has 0 aliphatic carbocycles. The van der Waals surface area contributed by atoms with E-state index in [1.54, 1.807) is 11.3 Å². The van der Waals surface area contributed by atoms with Crippen molar-refractivity contribution in [2.24, 2.45) is 5.92 Å². The molecule has 174 valence electrons. The van der Waals surface area contributed by atoms with Crippen molar-refractivity contribution in [2.75, 3.05) is 18.4 Å². The van der Waals surface area contributed by atoms with Crippen LogP contribution in [0.25, 0.3) is 10.2 Å². The molecule has 7 heteroatoms. The maximum absolute atomic E-state index is 12.8. The molecule has 2 N–H and O–H groups in total. The van der Waals surface area contributed by atoms with Crippen molar-refractivity contribution in [1.82, 2.24) is 15.2 Å². The molecule has 1 aromatic heterocycles. The Balaban J connectivity index is 1.33. The van der Waals surface area contributed by atoms with Gasteiger partial charge in [-0.3, -0.25) is 14.5 Å². The zero-order chi connectivity index (χ0) is 23.6. The largest absolute Gasteiger partial charge is 0.351 e. The summed E-state index contributed by atoms with van der Waals surface area (Å²) in [6.07, 6.45) is 1.74. The van der Waals surface area contributed by atoms with Gasteiger partial charge in [0.1, 0.15) is 0 Å². The van der Waals surface area contributed by atoms with Crippen molar-refractivity contribution in [2.45, 2.75) is 52.6 Å². The molecule has 2 aromatic carbocycles. The Kier molecular flexibility index (Phi) is 6.81. The number of piperidine rings is 1. The SMILES string of the molecule is Cc1nc2cc(C(=O)Nc3cccc(CN4CCC(C(=O)NC(C)(C)C)CC4)c3)ccc2s1. The molecule has 1 aliphatic heterocycles. The van der Waals surface area contributed by atoms with Crippen molar-refractivity contribution in [1.29, 1.82) is 0 Å². The van der Waals surface area contributed by atoms with E-state index in [1.165, 1.54) is 0 Å². The lowest BCUT2D eigenvalue weighted by molar-refractivity contribution is -0.127. The first-order valence-corrected chi connectivity index (χ1v) is 12.3. The van der Waals surface area contributed by atoms with E-state index in [0.717, 1.165) is 59.0 Å². The second-order valence-corrected chi connectivity index (χ2v) is 11.1. The molecule has 2 amide bonds. The Labute approximate surface area is 199 Å². The third kappa shape index (κ3) is 6.18. The summed E-state index contributed by atoms with van der Waals surface area (Å²) in [5, 5.41) is 7.11. The van der Waals surface area contributed by atoms with Gasteiger partial charge < -0.3 is 10.6 Å². The lowest BCUT2D eigenvalue weighted by atomic mass is 9.94. The van der Waals surface area contributed by atoms with Gasteiger partial charge in [-0.1, -0.05) is 12.1 Å². The number of carbonyl (C=O) groups excluding carboxylic acids is 2. The van der Waals surface area contributed by atoms with E-state index in [9.17, 15) is 9.59 Å². The Hall–Kier alpha value is -2.77. The Morgan fingerprint density at radius 1 is 1.12 bits per heavy atom. The molecule has 0 atom stereocenters. The van der Waals surface area contributed by atoms with Crippen LogP contribution in [0, 0.1) is 12.8 Å². The minimum absolute atomic E-state index is 0.0879. The first kappa shape index (κ1) is 23.4. The fourth-order valence-electron chi connectivity index (χ4n) is 4.22. The van der Waals surface area contributed by atoms with E-state index >= 15 is 0 Å². The smallest absolute Gasteiger partial charge is 0.255 e. The Morgan fingerprint density at radius 3 is 2.61 bits per heavy atom. The quantitative estimate of drug-likeness (QED) is 0.558. The first-order chi connectivity index (χ1) is 15.7. The number of rotatable bonds is 5. The molecule has 6 nitrogen and oxygen atoms in total. The second-order valence-electron chi connectivity index (χ2n) is 9.86. The summed E-state index contributed by atoms with van der Waals surface area (Å²) in [5.74, 6) is 0.119. The van der Waals surface area contributed by atoms with Crippen LogP contribution in [0.5, 0.6) is 0 Å². The molecular weight excluding hydrogens is 432 g/mol. The standard InChI is InChI=1S/C26H32N4O2S/c1-17-27-22-15-20(8-9-23(22)33-17)24(31)28-21-7-5-6-18(14-21)16-30-12-10-19(11-13-30)25(32)29-26(2,3)4/h5-9,14-15,19H,10-13,16H2,1-4H3,(H,28,31)(H,29,32). The highest BCUT2D eigenvalue weighted by Gasteiger charge is 2.27. The number of nitrogens with one attached hydrogen (secondary N) is 2. The molecular formula is C26H32N4O2S. The highest BCUT2D eigenvalue weighted by Crippen LogP contribution is 2.24. The highest BCUT2D eigenvalue weighted by molar-refractivity contribution is 7.18. The number of hydrogen-bond donors (Lipinski definition) is 2. The van der Waals surface area contributed by atoms with Gasteiger partial charge in [0, 0.05) is 29.3 Å². The van der Waals surface area contributed by atoms with Crippen molar-refractivity contribution in [3.8, 4) is 0 Å². The average molecular weight is 465 g/mol. The van der Waals surface area contributed by atoms with Crippen LogP contribution in [0.2, 0.25) is 0 Å². The van der Waals surface area contributed by atoms with Crippen molar-refractivity contribution in [3.63, 3.8) is 0 Å². The van der Waals surface area contributed by atoms with Gasteiger partial charge in [-0.2, -0.15) is 0 Å². The number of anilines is 1. The van der Waals surface area contributed by atoms with Crippen LogP contribution in [-0.4, -0.2) is 40.3 Å². The number of hydrogen-bond acceptors (Lipinski definition) is 5. The van der Waals surface area contributed by atoms with Crippen LogP contribution in [0.3, 0.4) is 0 Å². The molecule has 0 spiro atoms. The van der Waals surface area contributed by atoms with E-state index in [4.69, 9.17) is 0 Å². The summed E-state index contributed by atoms with van der Waals surface area (Å²) >= 11 is 1.63. The zero-order valence-electron chi connectivity index (χ0n) is 19.8. The summed E-state index contributed by atoms with van der Waals surface area (Å²) in [5.41, 5.74) is 3.21. The summed E-state index contributed by atoms with van der Waals surface area (Å²) in [6.45, 7) is 10.6. The number of aromatic nitrogens is 1. The number of likely N-dealkylation sites (tertiary alicyclic amines) is 1. The van der Waals surface area contributed by atoms with Gasteiger partial charge in [-0.25, -0.2) is 4.98 Å². The van der Waals surface area contributed by atoms with Gasteiger partial charge in [-0.05, 0) is 89.5 Å². The van der Waals surface area contributed by atoms with Gasteiger partial charge in [0.2, 0.25) is 5.91 Å². The number of benzene rings is 2. The van der Waals surface area contributed by atoms with Gasteiger partial charge in [-0.15, -0.1) is 11.3 Å². The summed E-state index contributed by atoms with van der Waals surface area (Å²) < 4.78 is 1.09. The van der Waals surface area contributed by atoms with Gasteiger partial charge in [0.15, 0.2) is 0 Å². The predicted octanol–water partition coefficient (Wildman–Crippen LogP) is 4.98. The Morgan fingerprint density at radius 2 is 1.88 bits per heavy atom. The third-order valence-electron chi connectivity index (χ3n) is 5.80. The fraction of sp³-hybridized carbons (Fsp3) is 0.423. The van der Waals surface area contributed by atoms with E-state index in [-0.39, 0.29) is 23.3 Å². The van der Waals surface area contributed by atoms with Crippen LogP contribution in [0.1, 0.15) is 54.5 Å². The number of aryl methyl sites for hydroxylation is 1. The second kappa shape index (κ2) is 9.61. The van der Waals surface area contributed by atoms with E-state index in [2.05, 4.69) is 26.6 Å². The zero-order valence-corrected chi connectivity index (χ0v) is 20.6. The molecule has 0 radical (unpaired) electrons. The van der Waals surface area contributed by atoms with Crippen molar-refractivity contribution in [3.05, 3.63) is 58.6 Å². The lowest BCUT2D eigenvalue weighted by Gasteiger charge is -2.33. The van der Waals surface area contributed by atoms with E-state index in [1.807, 2.05) is 64.1 Å². The molecule has 1 fully saturated rings. The summed E-state index contributed by atoms with van der Waals surface area (Å²) in [4.78, 5) is 32.1. The summed E-state index contributed by atoms with van der Waals surface area (Å²) in [6, 6.07) is 13.6. The van der Waals surface area contributed by atoms with E-state index in [0.29, 0.717) is 5.56 Å². The molecule has 1 aliphatic rings. The number of fused-ring (bicyclic) bond motifs is 1. The molecule has 2 heterocycles. The number of carbonyl (C=O) groups is 2. The van der Waals surface area contributed by atoms with Gasteiger partial charge in [0.05, 0.1) is 15.2 Å². The molecule has 3 aromatic rings. The normalized spacial score (nSPS) is 15.5. The van der Waals surface area contributed by atoms with Crippen LogP contribution < -0.4 is 10.6 Å². The lowest BCUT2D eigenvalue weighted by Crippen LogP contribution is -2.46. The topological polar surface area (TPSA) is 74.3 Å². The predicted molar refractivity (Wildman–Crippen MR) is 135 cm³/mol. The molecule has 0 saturated carbocycles.